The van der Waals surface area contributed by atoms with Crippen molar-refractivity contribution in [1.29, 1.82) is 0 Å². The van der Waals surface area contributed by atoms with E-state index in [1.165, 1.54) is 10.5 Å². The summed E-state index contributed by atoms with van der Waals surface area (Å²) in [5.74, 6) is -0.416. The Hall–Kier alpha value is -1.46. The maximum atomic E-state index is 12.1. The van der Waals surface area contributed by atoms with Gasteiger partial charge in [-0.05, 0) is 17.7 Å². The lowest BCUT2D eigenvalue weighted by Crippen LogP contribution is -2.37. The second-order valence-electron chi connectivity index (χ2n) is 4.35. The van der Waals surface area contributed by atoms with Gasteiger partial charge in [-0.1, -0.05) is 28.1 Å². The number of amides is 2. The molecule has 92 valence electrons. The lowest BCUT2D eigenvalue weighted by atomic mass is 10.1. The Bertz CT molecular complexity index is 539. The van der Waals surface area contributed by atoms with Gasteiger partial charge >= 0.3 is 0 Å². The third-order valence-corrected chi connectivity index (χ3v) is 4.05. The Morgan fingerprint density at radius 3 is 2.17 bits per heavy atom. The van der Waals surface area contributed by atoms with Crippen molar-refractivity contribution in [2.75, 3.05) is 19.6 Å². The van der Waals surface area contributed by atoms with Gasteiger partial charge in [0.2, 0.25) is 0 Å². The zero-order valence-corrected chi connectivity index (χ0v) is 11.2. The van der Waals surface area contributed by atoms with Gasteiger partial charge in [-0.2, -0.15) is 0 Å². The third-order valence-electron chi connectivity index (χ3n) is 3.24. The summed E-state index contributed by atoms with van der Waals surface area (Å²) in [5, 5.41) is 3.13. The van der Waals surface area contributed by atoms with Gasteiger partial charge in [0.25, 0.3) is 11.8 Å². The van der Waals surface area contributed by atoms with Gasteiger partial charge in [0, 0.05) is 17.6 Å². The number of rotatable bonds is 2. The van der Waals surface area contributed by atoms with E-state index in [2.05, 4.69) is 21.2 Å². The fourth-order valence-electron chi connectivity index (χ4n) is 2.08. The van der Waals surface area contributed by atoms with Crippen LogP contribution in [0.1, 0.15) is 20.7 Å². The second-order valence-corrected chi connectivity index (χ2v) is 5.31. The van der Waals surface area contributed by atoms with Crippen LogP contribution >= 0.6 is 15.9 Å². The number of halogens is 1. The highest BCUT2D eigenvalue weighted by Crippen LogP contribution is 2.25. The molecule has 1 N–H and O–H groups in total. The number of hydrogen-bond acceptors (Lipinski definition) is 3. The molecule has 3 rings (SSSR count). The third kappa shape index (κ3) is 1.71. The van der Waals surface area contributed by atoms with Crippen LogP contribution in [-0.2, 0) is 0 Å². The number of carbonyl (C=O) groups is 2. The van der Waals surface area contributed by atoms with Crippen molar-refractivity contribution in [3.8, 4) is 0 Å². The smallest absolute Gasteiger partial charge is 0.261 e. The fourth-order valence-corrected chi connectivity index (χ4v) is 2.61. The quantitative estimate of drug-likeness (QED) is 0.843. The van der Waals surface area contributed by atoms with Crippen LogP contribution in [0.25, 0.3) is 0 Å². The van der Waals surface area contributed by atoms with Gasteiger partial charge < -0.3 is 5.32 Å². The number of nitrogens with one attached hydrogen (secondary N) is 1. The monoisotopic (exact) mass is 306 g/mol. The predicted octanol–water partition coefficient (Wildman–Crippen LogP) is 1.53. The molecule has 1 aromatic rings. The summed E-state index contributed by atoms with van der Waals surface area (Å²) in [6, 6.07) is 6.94. The van der Waals surface area contributed by atoms with Gasteiger partial charge in [0.05, 0.1) is 17.7 Å². The van der Waals surface area contributed by atoms with E-state index in [0.717, 1.165) is 17.6 Å². The number of nitrogens with zero attached hydrogens (tertiary/aromatic N) is 1. The molecule has 0 bridgehead atoms. The standard InChI is InChI=1S/C13H11BrN2O2/c14-11(8-5-15-6-8)7-16-12(17)9-3-1-2-4-10(9)13(16)18/h1-4,15H,5-7H2. The Morgan fingerprint density at radius 1 is 1.17 bits per heavy atom. The number of hydrogen-bond donors (Lipinski definition) is 1. The molecular weight excluding hydrogens is 296 g/mol. The maximum absolute atomic E-state index is 12.1. The van der Waals surface area contributed by atoms with Crippen LogP contribution in [0.2, 0.25) is 0 Å². The van der Waals surface area contributed by atoms with Crippen molar-refractivity contribution in [3.05, 3.63) is 45.4 Å². The largest absolute Gasteiger partial charge is 0.309 e. The number of fused-ring (bicyclic) bond motifs is 1. The van der Waals surface area contributed by atoms with Crippen LogP contribution in [-0.4, -0.2) is 36.3 Å². The minimum atomic E-state index is -0.208. The summed E-state index contributed by atoms with van der Waals surface area (Å²) in [4.78, 5) is 25.5. The van der Waals surface area contributed by atoms with E-state index in [-0.39, 0.29) is 11.8 Å². The highest BCUT2D eigenvalue weighted by molar-refractivity contribution is 9.11. The molecule has 1 saturated heterocycles. The van der Waals surface area contributed by atoms with Crippen molar-refractivity contribution >= 4 is 27.7 Å². The van der Waals surface area contributed by atoms with Crippen molar-refractivity contribution < 1.29 is 9.59 Å². The van der Waals surface area contributed by atoms with Crippen molar-refractivity contribution in [1.82, 2.24) is 10.2 Å². The van der Waals surface area contributed by atoms with Crippen LogP contribution in [0, 0.1) is 0 Å². The minimum Gasteiger partial charge on any atom is -0.309 e. The molecule has 1 aromatic carbocycles. The van der Waals surface area contributed by atoms with Crippen molar-refractivity contribution in [2.45, 2.75) is 0 Å². The molecule has 2 heterocycles. The first-order valence-corrected chi connectivity index (χ1v) is 6.50. The first-order chi connectivity index (χ1) is 8.68. The number of imide groups is 1. The van der Waals surface area contributed by atoms with Gasteiger partial charge in [0.1, 0.15) is 0 Å². The van der Waals surface area contributed by atoms with E-state index in [9.17, 15) is 9.59 Å². The summed E-state index contributed by atoms with van der Waals surface area (Å²) < 4.78 is 0.927. The van der Waals surface area contributed by atoms with Crippen LogP contribution in [0.15, 0.2) is 34.3 Å². The molecule has 1 fully saturated rings. The molecule has 0 unspecified atom stereocenters. The zero-order chi connectivity index (χ0) is 12.7. The summed E-state index contributed by atoms with van der Waals surface area (Å²) >= 11 is 3.46. The van der Waals surface area contributed by atoms with Crippen molar-refractivity contribution in [2.24, 2.45) is 0 Å². The molecule has 0 aromatic heterocycles. The van der Waals surface area contributed by atoms with Gasteiger partial charge in [0.15, 0.2) is 0 Å². The van der Waals surface area contributed by atoms with E-state index >= 15 is 0 Å². The lowest BCUT2D eigenvalue weighted by molar-refractivity contribution is 0.0670. The predicted molar refractivity (Wildman–Crippen MR) is 70.6 cm³/mol. The molecule has 0 aliphatic carbocycles. The molecule has 0 radical (unpaired) electrons. The first kappa shape index (κ1) is 11.6. The average molecular weight is 307 g/mol. The van der Waals surface area contributed by atoms with E-state index < -0.39 is 0 Å². The van der Waals surface area contributed by atoms with Crippen molar-refractivity contribution in [3.63, 3.8) is 0 Å². The van der Waals surface area contributed by atoms with Gasteiger partial charge in [-0.15, -0.1) is 0 Å². The Labute approximate surface area is 113 Å². The molecular formula is C13H11BrN2O2. The van der Waals surface area contributed by atoms with E-state index in [1.807, 2.05) is 0 Å². The topological polar surface area (TPSA) is 49.4 Å². The molecule has 4 nitrogen and oxygen atoms in total. The van der Waals surface area contributed by atoms with Crippen LogP contribution in [0.5, 0.6) is 0 Å². The maximum Gasteiger partial charge on any atom is 0.261 e. The molecule has 0 saturated carbocycles. The van der Waals surface area contributed by atoms with Crippen LogP contribution in [0.4, 0.5) is 0 Å². The molecule has 5 heteroatoms. The summed E-state index contributed by atoms with van der Waals surface area (Å²) in [5.41, 5.74) is 2.21. The van der Waals surface area contributed by atoms with Gasteiger partial charge in [-0.3, -0.25) is 14.5 Å². The normalized spacial score (nSPS) is 17.8. The highest BCUT2D eigenvalue weighted by Gasteiger charge is 2.35. The van der Waals surface area contributed by atoms with Crippen LogP contribution in [0.3, 0.4) is 0 Å². The summed E-state index contributed by atoms with van der Waals surface area (Å²) in [6.45, 7) is 1.97. The zero-order valence-electron chi connectivity index (χ0n) is 9.57. The molecule has 0 spiro atoms. The average Bonchev–Trinajstić information content (AvgIpc) is 2.53. The molecule has 2 aliphatic heterocycles. The molecule has 2 amide bonds. The van der Waals surface area contributed by atoms with E-state index in [0.29, 0.717) is 17.7 Å². The summed E-state index contributed by atoms with van der Waals surface area (Å²) in [7, 11) is 0. The van der Waals surface area contributed by atoms with E-state index in [4.69, 9.17) is 0 Å². The second kappa shape index (κ2) is 4.33. The minimum absolute atomic E-state index is 0.208. The molecule has 0 atom stereocenters. The number of benzene rings is 1. The molecule has 2 aliphatic rings. The SMILES string of the molecule is O=C1c2ccccc2C(=O)N1CC(Br)=C1CNC1. The Kier molecular flexibility index (Phi) is 2.80. The van der Waals surface area contributed by atoms with E-state index in [1.54, 1.807) is 24.3 Å². The molecule has 18 heavy (non-hydrogen) atoms. The summed E-state index contributed by atoms with van der Waals surface area (Å²) in [6.07, 6.45) is 0. The number of carbonyl (C=O) groups excluding carboxylic acids is 2. The first-order valence-electron chi connectivity index (χ1n) is 5.71. The Morgan fingerprint density at radius 2 is 1.72 bits per heavy atom. The fraction of sp³-hybridized carbons (Fsp3) is 0.231. The lowest BCUT2D eigenvalue weighted by Gasteiger charge is -2.23. The van der Waals surface area contributed by atoms with Crippen LogP contribution < -0.4 is 5.32 Å². The van der Waals surface area contributed by atoms with Gasteiger partial charge in [-0.25, -0.2) is 0 Å². The Balaban J connectivity index is 1.88. The highest BCUT2D eigenvalue weighted by atomic mass is 79.9.